The molecule has 94 valence electrons. The summed E-state index contributed by atoms with van der Waals surface area (Å²) in [6.45, 7) is 2.71. The van der Waals surface area contributed by atoms with E-state index in [0.717, 1.165) is 5.01 Å². The van der Waals surface area contributed by atoms with Gasteiger partial charge < -0.3 is 10.4 Å². The number of amides is 1. The summed E-state index contributed by atoms with van der Waals surface area (Å²) in [5.74, 6) is -1.88. The highest BCUT2D eigenvalue weighted by molar-refractivity contribution is 7.09. The van der Waals surface area contributed by atoms with Crippen LogP contribution in [0.2, 0.25) is 0 Å². The van der Waals surface area contributed by atoms with Gasteiger partial charge in [0.1, 0.15) is 12.4 Å². The Labute approximate surface area is 102 Å². The number of aromatic nitrogens is 1. The van der Waals surface area contributed by atoms with Crippen LogP contribution in [-0.2, 0) is 4.79 Å². The minimum atomic E-state index is -1.52. The lowest BCUT2D eigenvalue weighted by Crippen LogP contribution is -2.42. The minimum Gasteiger partial charge on any atom is -0.480 e. The van der Waals surface area contributed by atoms with Crippen molar-refractivity contribution in [2.24, 2.45) is 0 Å². The van der Waals surface area contributed by atoms with Crippen molar-refractivity contribution < 1.29 is 19.1 Å². The van der Waals surface area contributed by atoms with Crippen LogP contribution in [0.3, 0.4) is 0 Å². The third-order valence-electron chi connectivity index (χ3n) is 2.01. The predicted molar refractivity (Wildman–Crippen MR) is 61.1 cm³/mol. The molecule has 1 aromatic heterocycles. The first kappa shape index (κ1) is 13.6. The lowest BCUT2D eigenvalue weighted by atomic mass is 10.2. The van der Waals surface area contributed by atoms with Crippen LogP contribution >= 0.6 is 11.3 Å². The number of hydrogen-bond acceptors (Lipinski definition) is 4. The Hall–Kier alpha value is -1.50. The van der Waals surface area contributed by atoms with Crippen molar-refractivity contribution in [3.63, 3.8) is 0 Å². The molecule has 1 aromatic rings. The molecule has 0 saturated carbocycles. The van der Waals surface area contributed by atoms with E-state index in [0.29, 0.717) is 0 Å². The summed E-state index contributed by atoms with van der Waals surface area (Å²) in [6, 6.07) is -1.52. The van der Waals surface area contributed by atoms with E-state index in [9.17, 15) is 14.0 Å². The van der Waals surface area contributed by atoms with E-state index in [2.05, 4.69) is 10.3 Å². The van der Waals surface area contributed by atoms with Crippen LogP contribution in [0.15, 0.2) is 5.38 Å². The Morgan fingerprint density at radius 1 is 1.59 bits per heavy atom. The maximum Gasteiger partial charge on any atom is 0.328 e. The van der Waals surface area contributed by atoms with Gasteiger partial charge in [-0.1, -0.05) is 13.8 Å². The Bertz CT molecular complexity index is 419. The number of alkyl halides is 1. The smallest absolute Gasteiger partial charge is 0.328 e. The molecule has 5 nitrogen and oxygen atoms in total. The average Bonchev–Trinajstić information content (AvgIpc) is 2.74. The van der Waals surface area contributed by atoms with Crippen LogP contribution in [0, 0.1) is 0 Å². The summed E-state index contributed by atoms with van der Waals surface area (Å²) in [5, 5.41) is 13.0. The molecule has 2 N–H and O–H groups in total. The number of carboxylic acids is 1. The number of carboxylic acid groups (broad SMARTS) is 1. The first-order chi connectivity index (χ1) is 7.95. The predicted octanol–water partition coefficient (Wildman–Crippen LogP) is 1.42. The van der Waals surface area contributed by atoms with Crippen LogP contribution in [0.1, 0.15) is 35.3 Å². The molecular weight excluding hydrogens is 247 g/mol. The van der Waals surface area contributed by atoms with Crippen molar-refractivity contribution in [2.45, 2.75) is 25.8 Å². The molecule has 1 amide bonds. The van der Waals surface area contributed by atoms with Gasteiger partial charge in [0.25, 0.3) is 5.91 Å². The third-order valence-corrected chi connectivity index (χ3v) is 3.15. The summed E-state index contributed by atoms with van der Waals surface area (Å²) in [7, 11) is 0. The van der Waals surface area contributed by atoms with Crippen LogP contribution in [0.5, 0.6) is 0 Å². The van der Waals surface area contributed by atoms with Gasteiger partial charge in [0.05, 0.1) is 5.01 Å². The van der Waals surface area contributed by atoms with Crippen LogP contribution in [0.25, 0.3) is 0 Å². The number of nitrogens with one attached hydrogen (secondary N) is 1. The number of halogens is 1. The number of thiazole rings is 1. The van der Waals surface area contributed by atoms with Gasteiger partial charge >= 0.3 is 5.97 Å². The zero-order chi connectivity index (χ0) is 13.0. The van der Waals surface area contributed by atoms with Gasteiger partial charge in [-0.15, -0.1) is 11.3 Å². The summed E-state index contributed by atoms with van der Waals surface area (Å²) in [4.78, 5) is 26.1. The van der Waals surface area contributed by atoms with Gasteiger partial charge in [0, 0.05) is 11.3 Å². The first-order valence-corrected chi connectivity index (χ1v) is 5.88. The summed E-state index contributed by atoms with van der Waals surface area (Å²) >= 11 is 1.32. The molecule has 0 aliphatic heterocycles. The topological polar surface area (TPSA) is 79.3 Å². The van der Waals surface area contributed by atoms with Crippen molar-refractivity contribution in [1.29, 1.82) is 0 Å². The van der Waals surface area contributed by atoms with Crippen LogP contribution < -0.4 is 5.32 Å². The monoisotopic (exact) mass is 260 g/mol. The Morgan fingerprint density at radius 2 is 2.24 bits per heavy atom. The number of carbonyl (C=O) groups excluding carboxylic acids is 1. The second kappa shape index (κ2) is 5.72. The second-order valence-electron chi connectivity index (χ2n) is 3.74. The third kappa shape index (κ3) is 3.48. The zero-order valence-corrected chi connectivity index (χ0v) is 10.3. The molecule has 0 saturated heterocycles. The number of carbonyl (C=O) groups is 2. The molecular formula is C10H13FN2O3S. The summed E-state index contributed by atoms with van der Waals surface area (Å²) in [6.07, 6.45) is 0. The molecule has 17 heavy (non-hydrogen) atoms. The van der Waals surface area contributed by atoms with E-state index in [1.165, 1.54) is 16.7 Å². The standard InChI is InChI=1S/C10H13FN2O3S/c1-5(2)9-13-7(4-17-9)8(14)12-6(3-11)10(15)16/h4-6H,3H2,1-2H3,(H,12,14)(H,15,16). The first-order valence-electron chi connectivity index (χ1n) is 5.00. The second-order valence-corrected chi connectivity index (χ2v) is 4.63. The highest BCUT2D eigenvalue weighted by Gasteiger charge is 2.22. The van der Waals surface area contributed by atoms with Crippen molar-refractivity contribution in [2.75, 3.05) is 6.67 Å². The van der Waals surface area contributed by atoms with Crippen molar-refractivity contribution in [3.05, 3.63) is 16.1 Å². The largest absolute Gasteiger partial charge is 0.480 e. The molecule has 1 heterocycles. The molecule has 7 heteroatoms. The van der Waals surface area contributed by atoms with E-state index in [1.807, 2.05) is 13.8 Å². The van der Waals surface area contributed by atoms with Gasteiger partial charge in [-0.25, -0.2) is 14.2 Å². The molecule has 1 rings (SSSR count). The molecule has 0 radical (unpaired) electrons. The fraction of sp³-hybridized carbons (Fsp3) is 0.500. The van der Waals surface area contributed by atoms with Crippen molar-refractivity contribution in [1.82, 2.24) is 10.3 Å². The zero-order valence-electron chi connectivity index (χ0n) is 9.44. The molecule has 0 aliphatic carbocycles. The lowest BCUT2D eigenvalue weighted by molar-refractivity contribution is -0.139. The lowest BCUT2D eigenvalue weighted by Gasteiger charge is -2.08. The number of aliphatic carboxylic acids is 1. The molecule has 0 aromatic carbocycles. The fourth-order valence-corrected chi connectivity index (χ4v) is 1.87. The van der Waals surface area contributed by atoms with Crippen molar-refractivity contribution >= 4 is 23.2 Å². The number of rotatable bonds is 5. The van der Waals surface area contributed by atoms with Gasteiger partial charge in [0.2, 0.25) is 0 Å². The van der Waals surface area contributed by atoms with Crippen molar-refractivity contribution in [3.8, 4) is 0 Å². The van der Waals surface area contributed by atoms with Crippen LogP contribution in [-0.4, -0.2) is 34.7 Å². The van der Waals surface area contributed by atoms with E-state index < -0.39 is 24.6 Å². The highest BCUT2D eigenvalue weighted by Crippen LogP contribution is 2.19. The van der Waals surface area contributed by atoms with E-state index >= 15 is 0 Å². The van der Waals surface area contributed by atoms with Gasteiger partial charge in [-0.05, 0) is 0 Å². The molecule has 1 atom stereocenters. The quantitative estimate of drug-likeness (QED) is 0.839. The minimum absolute atomic E-state index is 0.124. The molecule has 0 aliphatic rings. The average molecular weight is 260 g/mol. The normalized spacial score (nSPS) is 12.5. The molecule has 0 bridgehead atoms. The highest BCUT2D eigenvalue weighted by atomic mass is 32.1. The Balaban J connectivity index is 2.72. The number of hydrogen-bond donors (Lipinski definition) is 2. The van der Waals surface area contributed by atoms with Crippen LogP contribution in [0.4, 0.5) is 4.39 Å². The Kier molecular flexibility index (Phi) is 4.56. The summed E-state index contributed by atoms with van der Waals surface area (Å²) < 4.78 is 12.3. The van der Waals surface area contributed by atoms with E-state index in [4.69, 9.17) is 5.11 Å². The number of nitrogens with zero attached hydrogens (tertiary/aromatic N) is 1. The van der Waals surface area contributed by atoms with Gasteiger partial charge in [-0.3, -0.25) is 4.79 Å². The Morgan fingerprint density at radius 3 is 2.65 bits per heavy atom. The SMILES string of the molecule is CC(C)c1nc(C(=O)NC(CF)C(=O)O)cs1. The maximum atomic E-state index is 12.3. The molecule has 0 spiro atoms. The van der Waals surface area contributed by atoms with E-state index in [1.54, 1.807) is 0 Å². The fourth-order valence-electron chi connectivity index (χ4n) is 1.06. The maximum absolute atomic E-state index is 12.3. The van der Waals surface area contributed by atoms with Gasteiger partial charge in [0.15, 0.2) is 6.04 Å². The summed E-state index contributed by atoms with van der Waals surface area (Å²) in [5.41, 5.74) is 0.124. The van der Waals surface area contributed by atoms with Gasteiger partial charge in [-0.2, -0.15) is 0 Å². The van der Waals surface area contributed by atoms with E-state index in [-0.39, 0.29) is 11.6 Å². The molecule has 1 unspecified atom stereocenters. The molecule has 0 fully saturated rings.